The number of ether oxygens (including phenoxy) is 2. The second-order valence-corrected chi connectivity index (χ2v) is 8.71. The van der Waals surface area contributed by atoms with Crippen molar-refractivity contribution in [2.75, 3.05) is 20.8 Å². The first-order valence-electron chi connectivity index (χ1n) is 10.8. The summed E-state index contributed by atoms with van der Waals surface area (Å²) in [5, 5.41) is 3.82. The molecule has 1 aromatic heterocycles. The first-order valence-corrected chi connectivity index (χ1v) is 11.8. The van der Waals surface area contributed by atoms with Gasteiger partial charge in [0.1, 0.15) is 5.82 Å². The second-order valence-electron chi connectivity index (χ2n) is 7.77. The highest BCUT2D eigenvalue weighted by molar-refractivity contribution is 7.98. The Morgan fingerprint density at radius 3 is 2.47 bits per heavy atom. The van der Waals surface area contributed by atoms with Crippen LogP contribution in [0.3, 0.4) is 0 Å². The first-order chi connectivity index (χ1) is 16.5. The fourth-order valence-corrected chi connectivity index (χ4v) is 4.57. The summed E-state index contributed by atoms with van der Waals surface area (Å²) in [6.45, 7) is 0.497. The van der Waals surface area contributed by atoms with E-state index in [0.29, 0.717) is 35.8 Å². The van der Waals surface area contributed by atoms with Crippen molar-refractivity contribution in [2.24, 2.45) is 7.05 Å². The van der Waals surface area contributed by atoms with Gasteiger partial charge in [0.25, 0.3) is 5.91 Å². The molecular weight excluding hydrogens is 453 g/mol. The number of aromatic nitrogens is 2. The highest BCUT2D eigenvalue weighted by atomic mass is 32.2. The summed E-state index contributed by atoms with van der Waals surface area (Å²) < 4.78 is 25.7. The number of carbonyl (C=O) groups is 1. The number of rotatable bonds is 9. The number of aryl methyl sites for hydroxylation is 1. The van der Waals surface area contributed by atoms with Gasteiger partial charge < -0.3 is 19.4 Å². The van der Waals surface area contributed by atoms with Crippen molar-refractivity contribution in [3.8, 4) is 11.5 Å². The molecule has 0 spiro atoms. The second kappa shape index (κ2) is 10.6. The molecule has 0 fully saturated rings. The number of hydrogen-bond donors (Lipinski definition) is 1. The average molecular weight is 480 g/mol. The summed E-state index contributed by atoms with van der Waals surface area (Å²) in [7, 11) is 5.13. The molecule has 3 aromatic carbocycles. The predicted octanol–water partition coefficient (Wildman–Crippen LogP) is 4.99. The number of imidazole rings is 1. The van der Waals surface area contributed by atoms with Crippen molar-refractivity contribution in [2.45, 2.75) is 17.3 Å². The summed E-state index contributed by atoms with van der Waals surface area (Å²) >= 11 is 1.57. The number of nitrogens with one attached hydrogen (secondary N) is 1. The minimum Gasteiger partial charge on any atom is -0.493 e. The zero-order chi connectivity index (χ0) is 24.1. The quantitative estimate of drug-likeness (QED) is 0.343. The lowest BCUT2D eigenvalue weighted by molar-refractivity contribution is 0.0954. The van der Waals surface area contributed by atoms with Gasteiger partial charge in [-0.25, -0.2) is 9.37 Å². The molecule has 1 N–H and O–H groups in total. The molecule has 0 saturated heterocycles. The number of halogens is 1. The van der Waals surface area contributed by atoms with Gasteiger partial charge in [-0.2, -0.15) is 0 Å². The van der Waals surface area contributed by atoms with E-state index < -0.39 is 0 Å². The van der Waals surface area contributed by atoms with E-state index in [2.05, 4.69) is 10.3 Å². The van der Waals surface area contributed by atoms with Gasteiger partial charge in [0.2, 0.25) is 0 Å². The van der Waals surface area contributed by atoms with Crippen LogP contribution in [-0.2, 0) is 19.2 Å². The van der Waals surface area contributed by atoms with Crippen molar-refractivity contribution < 1.29 is 18.7 Å². The van der Waals surface area contributed by atoms with Crippen LogP contribution in [0.5, 0.6) is 11.5 Å². The van der Waals surface area contributed by atoms with E-state index in [9.17, 15) is 9.18 Å². The molecule has 0 aliphatic heterocycles. The third-order valence-electron chi connectivity index (χ3n) is 5.53. The SMILES string of the molecule is COc1ccc(CCNC(=O)c2ccc3nc(SCc4ccc(F)cc4)n(C)c3c2)cc1OC. The number of fused-ring (bicyclic) bond motifs is 1. The van der Waals surface area contributed by atoms with E-state index >= 15 is 0 Å². The van der Waals surface area contributed by atoms with Crippen LogP contribution in [-0.4, -0.2) is 36.2 Å². The van der Waals surface area contributed by atoms with Gasteiger partial charge >= 0.3 is 0 Å². The molecule has 0 aliphatic carbocycles. The van der Waals surface area contributed by atoms with Gasteiger partial charge in [-0.05, 0) is 60.0 Å². The van der Waals surface area contributed by atoms with Crippen LogP contribution >= 0.6 is 11.8 Å². The third-order valence-corrected chi connectivity index (χ3v) is 6.63. The van der Waals surface area contributed by atoms with E-state index in [4.69, 9.17) is 9.47 Å². The Morgan fingerprint density at radius 2 is 1.74 bits per heavy atom. The molecule has 0 unspecified atom stereocenters. The maximum absolute atomic E-state index is 13.1. The predicted molar refractivity (Wildman–Crippen MR) is 132 cm³/mol. The molecule has 0 saturated carbocycles. The zero-order valence-electron chi connectivity index (χ0n) is 19.3. The maximum atomic E-state index is 13.1. The van der Waals surface area contributed by atoms with Gasteiger partial charge in [-0.15, -0.1) is 0 Å². The number of methoxy groups -OCH3 is 2. The Labute approximate surface area is 202 Å². The molecule has 0 aliphatic rings. The lowest BCUT2D eigenvalue weighted by Crippen LogP contribution is -2.25. The first kappa shape index (κ1) is 23.6. The van der Waals surface area contributed by atoms with Crippen molar-refractivity contribution in [1.29, 1.82) is 0 Å². The van der Waals surface area contributed by atoms with E-state index in [1.165, 1.54) is 12.1 Å². The van der Waals surface area contributed by atoms with Crippen LogP contribution < -0.4 is 14.8 Å². The average Bonchev–Trinajstić information content (AvgIpc) is 3.18. The number of carbonyl (C=O) groups excluding carboxylic acids is 1. The van der Waals surface area contributed by atoms with Gasteiger partial charge in [-0.1, -0.05) is 30.0 Å². The molecular formula is C26H26FN3O3S. The number of benzene rings is 3. The Bertz CT molecular complexity index is 1300. The van der Waals surface area contributed by atoms with Crippen LogP contribution in [0.15, 0.2) is 65.8 Å². The van der Waals surface area contributed by atoms with E-state index in [1.54, 1.807) is 44.2 Å². The smallest absolute Gasteiger partial charge is 0.251 e. The minimum absolute atomic E-state index is 0.135. The molecule has 8 heteroatoms. The van der Waals surface area contributed by atoms with E-state index in [-0.39, 0.29) is 11.7 Å². The van der Waals surface area contributed by atoms with Crippen molar-refractivity contribution in [3.63, 3.8) is 0 Å². The number of hydrogen-bond acceptors (Lipinski definition) is 5. The molecule has 0 radical (unpaired) electrons. The lowest BCUT2D eigenvalue weighted by Gasteiger charge is -2.10. The molecule has 176 valence electrons. The lowest BCUT2D eigenvalue weighted by atomic mass is 10.1. The molecule has 34 heavy (non-hydrogen) atoms. The molecule has 0 bridgehead atoms. The highest BCUT2D eigenvalue weighted by Gasteiger charge is 2.13. The summed E-state index contributed by atoms with van der Waals surface area (Å²) in [6.07, 6.45) is 0.671. The van der Waals surface area contributed by atoms with E-state index in [1.807, 2.05) is 41.9 Å². The number of amides is 1. The van der Waals surface area contributed by atoms with Crippen molar-refractivity contribution in [1.82, 2.24) is 14.9 Å². The largest absolute Gasteiger partial charge is 0.493 e. The summed E-state index contributed by atoms with van der Waals surface area (Å²) in [5.41, 5.74) is 4.36. The Hall–Kier alpha value is -3.52. The third kappa shape index (κ3) is 5.34. The fourth-order valence-electron chi connectivity index (χ4n) is 3.63. The fraction of sp³-hybridized carbons (Fsp3) is 0.231. The maximum Gasteiger partial charge on any atom is 0.251 e. The number of nitrogens with zero attached hydrogens (tertiary/aromatic N) is 2. The monoisotopic (exact) mass is 479 g/mol. The van der Waals surface area contributed by atoms with Gasteiger partial charge in [0.05, 0.1) is 25.3 Å². The number of thioether (sulfide) groups is 1. The Morgan fingerprint density at radius 1 is 1.00 bits per heavy atom. The van der Waals surface area contributed by atoms with Crippen molar-refractivity contribution in [3.05, 3.63) is 83.2 Å². The summed E-state index contributed by atoms with van der Waals surface area (Å²) in [4.78, 5) is 17.4. The summed E-state index contributed by atoms with van der Waals surface area (Å²) in [6, 6.07) is 17.7. The molecule has 1 amide bonds. The van der Waals surface area contributed by atoms with Crippen molar-refractivity contribution >= 4 is 28.7 Å². The standard InChI is InChI=1S/C26H26FN3O3S/c1-30-22-15-19(25(31)28-13-12-17-6-11-23(32-2)24(14-17)33-3)7-10-21(22)29-26(30)34-16-18-4-8-20(27)9-5-18/h4-11,14-15H,12-13,16H2,1-3H3,(H,28,31). The van der Waals surface area contributed by atoms with Gasteiger partial charge in [0.15, 0.2) is 16.7 Å². The van der Waals surface area contributed by atoms with Crippen LogP contribution in [0.1, 0.15) is 21.5 Å². The highest BCUT2D eigenvalue weighted by Crippen LogP contribution is 2.28. The Balaban J connectivity index is 1.39. The molecule has 0 atom stereocenters. The van der Waals surface area contributed by atoms with Crippen LogP contribution in [0, 0.1) is 5.82 Å². The molecule has 4 aromatic rings. The molecule has 1 heterocycles. The topological polar surface area (TPSA) is 65.4 Å². The van der Waals surface area contributed by atoms with Crippen LogP contribution in [0.2, 0.25) is 0 Å². The van der Waals surface area contributed by atoms with Crippen LogP contribution in [0.25, 0.3) is 11.0 Å². The minimum atomic E-state index is -0.244. The van der Waals surface area contributed by atoms with E-state index in [0.717, 1.165) is 27.3 Å². The normalized spacial score (nSPS) is 10.9. The zero-order valence-corrected chi connectivity index (χ0v) is 20.1. The van der Waals surface area contributed by atoms with Crippen LogP contribution in [0.4, 0.5) is 4.39 Å². The van der Waals surface area contributed by atoms with Gasteiger partial charge in [-0.3, -0.25) is 4.79 Å². The Kier molecular flexibility index (Phi) is 7.37. The van der Waals surface area contributed by atoms with Gasteiger partial charge in [0, 0.05) is 24.9 Å². The summed E-state index contributed by atoms with van der Waals surface area (Å²) in [5.74, 6) is 1.65. The molecule has 4 rings (SSSR count). The molecule has 6 nitrogen and oxygen atoms in total.